The first kappa shape index (κ1) is 20.5. The number of hydrazone groups is 1. The minimum absolute atomic E-state index is 0.0503. The van der Waals surface area contributed by atoms with Crippen molar-refractivity contribution in [3.8, 4) is 0 Å². The van der Waals surface area contributed by atoms with Crippen molar-refractivity contribution in [1.29, 1.82) is 5.41 Å². The standard InChI is InChI=1S/C21H26N6O2/c1-16(28)18-8-4-9-20(24-18)26-12-5-13-27(15-14-26)21(29)17-6-2-3-7-19(17)25-23-11-10-22/h2-4,6-11,16,22,25,28H,5,12-15H2,1H3/b22-10?,23-11-. The highest BCUT2D eigenvalue weighted by Crippen LogP contribution is 2.21. The van der Waals surface area contributed by atoms with E-state index in [9.17, 15) is 9.90 Å². The van der Waals surface area contributed by atoms with Crippen molar-refractivity contribution in [2.45, 2.75) is 19.4 Å². The molecular formula is C21H26N6O2. The first-order chi connectivity index (χ1) is 14.1. The number of aliphatic hydroxyl groups excluding tert-OH is 1. The van der Waals surface area contributed by atoms with E-state index in [-0.39, 0.29) is 5.91 Å². The number of para-hydroxylation sites is 1. The molecule has 1 aromatic carbocycles. The molecule has 1 unspecified atom stereocenters. The van der Waals surface area contributed by atoms with Gasteiger partial charge in [-0.3, -0.25) is 10.2 Å². The molecule has 1 saturated heterocycles. The average Bonchev–Trinajstić information content (AvgIpc) is 3.00. The second-order valence-electron chi connectivity index (χ2n) is 6.83. The monoisotopic (exact) mass is 394 g/mol. The molecule has 1 amide bonds. The molecule has 0 bridgehead atoms. The molecule has 8 heteroatoms. The van der Waals surface area contributed by atoms with Crippen LogP contribution in [0.25, 0.3) is 0 Å². The molecule has 2 aromatic rings. The molecule has 152 valence electrons. The van der Waals surface area contributed by atoms with Gasteiger partial charge in [0.2, 0.25) is 0 Å². The number of benzene rings is 1. The number of aromatic nitrogens is 1. The number of hydrogen-bond donors (Lipinski definition) is 3. The third kappa shape index (κ3) is 5.17. The maximum Gasteiger partial charge on any atom is 0.256 e. The zero-order valence-electron chi connectivity index (χ0n) is 16.5. The van der Waals surface area contributed by atoms with Crippen LogP contribution in [0.1, 0.15) is 35.5 Å². The normalized spacial score (nSPS) is 15.8. The van der Waals surface area contributed by atoms with E-state index < -0.39 is 6.10 Å². The van der Waals surface area contributed by atoms with E-state index in [1.54, 1.807) is 19.1 Å². The van der Waals surface area contributed by atoms with Crippen LogP contribution >= 0.6 is 0 Å². The Bertz CT molecular complexity index is 883. The van der Waals surface area contributed by atoms with Gasteiger partial charge in [0.25, 0.3) is 5.91 Å². The van der Waals surface area contributed by atoms with E-state index in [4.69, 9.17) is 5.41 Å². The third-order valence-corrected chi connectivity index (χ3v) is 4.78. The van der Waals surface area contributed by atoms with Crippen molar-refractivity contribution in [2.75, 3.05) is 36.5 Å². The van der Waals surface area contributed by atoms with Gasteiger partial charge in [-0.25, -0.2) is 4.98 Å². The van der Waals surface area contributed by atoms with Crippen molar-refractivity contribution >= 4 is 29.8 Å². The minimum atomic E-state index is -0.612. The van der Waals surface area contributed by atoms with Gasteiger partial charge in [0.05, 0.1) is 29.3 Å². The molecule has 0 saturated carbocycles. The van der Waals surface area contributed by atoms with Crippen LogP contribution in [-0.2, 0) is 0 Å². The third-order valence-electron chi connectivity index (χ3n) is 4.78. The van der Waals surface area contributed by atoms with Crippen LogP contribution in [0, 0.1) is 5.41 Å². The number of anilines is 2. The van der Waals surface area contributed by atoms with Crippen LogP contribution in [0.2, 0.25) is 0 Å². The van der Waals surface area contributed by atoms with Gasteiger partial charge in [-0.05, 0) is 37.6 Å². The molecule has 1 fully saturated rings. The van der Waals surface area contributed by atoms with Gasteiger partial charge in [0.15, 0.2) is 0 Å². The lowest BCUT2D eigenvalue weighted by molar-refractivity contribution is 0.0768. The molecule has 0 spiro atoms. The molecule has 3 rings (SSSR count). The van der Waals surface area contributed by atoms with Crippen molar-refractivity contribution in [3.05, 3.63) is 53.7 Å². The predicted molar refractivity (Wildman–Crippen MR) is 115 cm³/mol. The Morgan fingerprint density at radius 3 is 2.83 bits per heavy atom. The molecule has 8 nitrogen and oxygen atoms in total. The van der Waals surface area contributed by atoms with Crippen LogP contribution < -0.4 is 10.3 Å². The maximum atomic E-state index is 13.1. The minimum Gasteiger partial charge on any atom is -0.387 e. The zero-order valence-corrected chi connectivity index (χ0v) is 16.5. The molecule has 1 aliphatic heterocycles. The summed E-state index contributed by atoms with van der Waals surface area (Å²) < 4.78 is 0. The smallest absolute Gasteiger partial charge is 0.256 e. The number of nitrogens with zero attached hydrogens (tertiary/aromatic N) is 4. The molecule has 29 heavy (non-hydrogen) atoms. The lowest BCUT2D eigenvalue weighted by Gasteiger charge is -2.24. The zero-order chi connectivity index (χ0) is 20.6. The highest BCUT2D eigenvalue weighted by Gasteiger charge is 2.23. The molecular weight excluding hydrogens is 368 g/mol. The Kier molecular flexibility index (Phi) is 6.91. The number of carbonyl (C=O) groups excluding carboxylic acids is 1. The number of hydrogen-bond acceptors (Lipinski definition) is 7. The number of nitrogens with one attached hydrogen (secondary N) is 2. The molecule has 1 aromatic heterocycles. The van der Waals surface area contributed by atoms with E-state index in [0.717, 1.165) is 25.0 Å². The summed E-state index contributed by atoms with van der Waals surface area (Å²) in [6, 6.07) is 12.9. The lowest BCUT2D eigenvalue weighted by atomic mass is 10.1. The molecule has 0 radical (unpaired) electrons. The van der Waals surface area contributed by atoms with Crippen LogP contribution in [0.5, 0.6) is 0 Å². The molecule has 1 aliphatic rings. The molecule has 3 N–H and O–H groups in total. The van der Waals surface area contributed by atoms with E-state index in [1.807, 2.05) is 35.2 Å². The summed E-state index contributed by atoms with van der Waals surface area (Å²) in [5.74, 6) is 0.770. The molecule has 0 aliphatic carbocycles. The number of amides is 1. The Morgan fingerprint density at radius 2 is 2.03 bits per heavy atom. The molecule has 2 heterocycles. The summed E-state index contributed by atoms with van der Waals surface area (Å²) in [6.45, 7) is 4.40. The SMILES string of the molecule is CC(O)c1cccc(N2CCCN(C(=O)c3ccccc3N/N=C\C=N)CC2)n1. The summed E-state index contributed by atoms with van der Waals surface area (Å²) in [5, 5.41) is 20.7. The topological polar surface area (TPSA) is 105 Å². The lowest BCUT2D eigenvalue weighted by Crippen LogP contribution is -2.35. The second kappa shape index (κ2) is 9.79. The van der Waals surface area contributed by atoms with Crippen LogP contribution in [0.3, 0.4) is 0 Å². The summed E-state index contributed by atoms with van der Waals surface area (Å²) in [6.07, 6.45) is 2.61. The van der Waals surface area contributed by atoms with Crippen molar-refractivity contribution in [3.63, 3.8) is 0 Å². The Balaban J connectivity index is 1.71. The van der Waals surface area contributed by atoms with Crippen LogP contribution in [0.15, 0.2) is 47.6 Å². The van der Waals surface area contributed by atoms with E-state index in [2.05, 4.69) is 20.4 Å². The molecule has 1 atom stereocenters. The van der Waals surface area contributed by atoms with Crippen molar-refractivity contribution < 1.29 is 9.90 Å². The van der Waals surface area contributed by atoms with Crippen LogP contribution in [-0.4, -0.2) is 59.5 Å². The van der Waals surface area contributed by atoms with Gasteiger partial charge in [-0.2, -0.15) is 5.10 Å². The average molecular weight is 394 g/mol. The van der Waals surface area contributed by atoms with E-state index in [1.165, 1.54) is 6.21 Å². The summed E-state index contributed by atoms with van der Waals surface area (Å²) in [4.78, 5) is 21.7. The van der Waals surface area contributed by atoms with Crippen molar-refractivity contribution in [2.24, 2.45) is 5.10 Å². The predicted octanol–water partition coefficient (Wildman–Crippen LogP) is 2.53. The Hall–Kier alpha value is -3.26. The van der Waals surface area contributed by atoms with Gasteiger partial charge in [0, 0.05) is 32.4 Å². The van der Waals surface area contributed by atoms with Gasteiger partial charge in [0.1, 0.15) is 5.82 Å². The fourth-order valence-corrected chi connectivity index (χ4v) is 3.28. The number of pyridine rings is 1. The number of aliphatic hydroxyl groups is 1. The Morgan fingerprint density at radius 1 is 1.21 bits per heavy atom. The van der Waals surface area contributed by atoms with E-state index in [0.29, 0.717) is 36.6 Å². The van der Waals surface area contributed by atoms with Gasteiger partial charge in [-0.1, -0.05) is 18.2 Å². The highest BCUT2D eigenvalue weighted by atomic mass is 16.3. The summed E-state index contributed by atoms with van der Waals surface area (Å²) in [7, 11) is 0. The quantitative estimate of drug-likeness (QED) is 0.516. The van der Waals surface area contributed by atoms with Gasteiger partial charge >= 0.3 is 0 Å². The largest absolute Gasteiger partial charge is 0.387 e. The maximum absolute atomic E-state index is 13.1. The first-order valence-electron chi connectivity index (χ1n) is 9.66. The van der Waals surface area contributed by atoms with Gasteiger partial charge < -0.3 is 20.3 Å². The second-order valence-corrected chi connectivity index (χ2v) is 6.83. The van der Waals surface area contributed by atoms with E-state index >= 15 is 0 Å². The van der Waals surface area contributed by atoms with Crippen LogP contribution in [0.4, 0.5) is 11.5 Å². The fourth-order valence-electron chi connectivity index (χ4n) is 3.28. The number of carbonyl (C=O) groups is 1. The highest BCUT2D eigenvalue weighted by molar-refractivity contribution is 6.14. The fraction of sp³-hybridized carbons (Fsp3) is 0.333. The first-order valence-corrected chi connectivity index (χ1v) is 9.66. The Labute approximate surface area is 170 Å². The van der Waals surface area contributed by atoms with Crippen molar-refractivity contribution in [1.82, 2.24) is 9.88 Å². The summed E-state index contributed by atoms with van der Waals surface area (Å²) in [5.41, 5.74) is 4.64. The number of rotatable bonds is 6. The summed E-state index contributed by atoms with van der Waals surface area (Å²) >= 11 is 0. The van der Waals surface area contributed by atoms with Gasteiger partial charge in [-0.15, -0.1) is 0 Å².